The number of carbonyl (C=O) groups excluding carboxylic acids is 1. The lowest BCUT2D eigenvalue weighted by atomic mass is 10.1. The van der Waals surface area contributed by atoms with E-state index in [0.29, 0.717) is 11.1 Å². The van der Waals surface area contributed by atoms with Crippen molar-refractivity contribution < 1.29 is 27.1 Å². The third kappa shape index (κ3) is 5.56. The van der Waals surface area contributed by atoms with E-state index in [0.717, 1.165) is 0 Å². The number of halogens is 4. The Kier molecular flexibility index (Phi) is 5.50. The third-order valence-electron chi connectivity index (χ3n) is 2.57. The molecule has 0 aliphatic heterocycles. The summed E-state index contributed by atoms with van der Waals surface area (Å²) in [6.45, 7) is 1.03. The van der Waals surface area contributed by atoms with E-state index in [1.807, 2.05) is 0 Å². The zero-order valence-corrected chi connectivity index (χ0v) is 11.1. The molecule has 112 valence electrons. The number of amides is 1. The molecule has 7 heteroatoms. The Morgan fingerprint density at radius 3 is 2.60 bits per heavy atom. The summed E-state index contributed by atoms with van der Waals surface area (Å²) < 4.78 is 53.0. The van der Waals surface area contributed by atoms with Crippen molar-refractivity contribution in [2.45, 2.75) is 26.1 Å². The highest BCUT2D eigenvalue weighted by Gasteiger charge is 2.27. The van der Waals surface area contributed by atoms with Crippen molar-refractivity contribution in [3.05, 3.63) is 35.1 Å². The van der Waals surface area contributed by atoms with Gasteiger partial charge in [-0.15, -0.1) is 0 Å². The highest BCUT2D eigenvalue weighted by molar-refractivity contribution is 5.77. The van der Waals surface area contributed by atoms with E-state index in [1.165, 1.54) is 6.07 Å². The molecule has 1 atom stereocenters. The van der Waals surface area contributed by atoms with E-state index < -0.39 is 37.2 Å². The van der Waals surface area contributed by atoms with Crippen molar-refractivity contribution in [2.24, 2.45) is 0 Å². The number of benzene rings is 1. The number of rotatable bonds is 5. The minimum Gasteiger partial charge on any atom is -0.362 e. The van der Waals surface area contributed by atoms with Gasteiger partial charge < -0.3 is 10.1 Å². The summed E-state index contributed by atoms with van der Waals surface area (Å²) in [6.07, 6.45) is -4.47. The Morgan fingerprint density at radius 1 is 1.40 bits per heavy atom. The highest BCUT2D eigenvalue weighted by Crippen LogP contribution is 2.16. The van der Waals surface area contributed by atoms with Gasteiger partial charge in [0.2, 0.25) is 5.91 Å². The van der Waals surface area contributed by atoms with Gasteiger partial charge in [-0.25, -0.2) is 4.39 Å². The van der Waals surface area contributed by atoms with Gasteiger partial charge in [0, 0.05) is 0 Å². The van der Waals surface area contributed by atoms with E-state index in [1.54, 1.807) is 26.0 Å². The number of hydrogen-bond donors (Lipinski definition) is 1. The minimum atomic E-state index is -4.47. The lowest BCUT2D eigenvalue weighted by Gasteiger charge is -2.15. The number of alkyl halides is 3. The van der Waals surface area contributed by atoms with Crippen LogP contribution in [-0.2, 0) is 9.53 Å². The molecule has 0 heterocycles. The summed E-state index contributed by atoms with van der Waals surface area (Å²) in [4.78, 5) is 11.4. The molecule has 1 aromatic carbocycles. The second-order valence-corrected chi connectivity index (χ2v) is 4.41. The van der Waals surface area contributed by atoms with Crippen molar-refractivity contribution in [1.29, 1.82) is 0 Å². The summed E-state index contributed by atoms with van der Waals surface area (Å²) in [7, 11) is 0. The van der Waals surface area contributed by atoms with Crippen LogP contribution in [0.5, 0.6) is 0 Å². The Morgan fingerprint density at radius 2 is 2.05 bits per heavy atom. The molecule has 0 aromatic heterocycles. The predicted octanol–water partition coefficient (Wildman–Crippen LogP) is 2.89. The van der Waals surface area contributed by atoms with E-state index >= 15 is 0 Å². The lowest BCUT2D eigenvalue weighted by Crippen LogP contribution is -2.31. The van der Waals surface area contributed by atoms with E-state index in [9.17, 15) is 22.4 Å². The molecule has 1 aromatic rings. The van der Waals surface area contributed by atoms with Crippen LogP contribution in [0, 0.1) is 12.7 Å². The van der Waals surface area contributed by atoms with Crippen LogP contribution in [0.25, 0.3) is 0 Å². The first-order valence-corrected chi connectivity index (χ1v) is 5.89. The highest BCUT2D eigenvalue weighted by atomic mass is 19.4. The Bertz CT molecular complexity index is 474. The maximum absolute atomic E-state index is 13.3. The van der Waals surface area contributed by atoms with Gasteiger partial charge in [0.25, 0.3) is 0 Å². The van der Waals surface area contributed by atoms with Crippen molar-refractivity contribution in [3.63, 3.8) is 0 Å². The van der Waals surface area contributed by atoms with Crippen molar-refractivity contribution in [3.8, 4) is 0 Å². The lowest BCUT2D eigenvalue weighted by molar-refractivity contribution is -0.175. The van der Waals surface area contributed by atoms with Gasteiger partial charge in [-0.3, -0.25) is 4.79 Å². The molecule has 1 unspecified atom stereocenters. The van der Waals surface area contributed by atoms with Crippen LogP contribution in [0.1, 0.15) is 24.1 Å². The summed E-state index contributed by atoms with van der Waals surface area (Å²) in [5.74, 6) is -1.10. The second-order valence-electron chi connectivity index (χ2n) is 4.41. The van der Waals surface area contributed by atoms with Crippen LogP contribution in [-0.4, -0.2) is 25.3 Å². The molecular weight excluding hydrogens is 278 g/mol. The zero-order valence-electron chi connectivity index (χ0n) is 11.1. The van der Waals surface area contributed by atoms with Gasteiger partial charge in [-0.2, -0.15) is 13.2 Å². The summed E-state index contributed by atoms with van der Waals surface area (Å²) in [6, 6.07) is 3.96. The third-order valence-corrected chi connectivity index (χ3v) is 2.57. The predicted molar refractivity (Wildman–Crippen MR) is 64.6 cm³/mol. The maximum Gasteiger partial charge on any atom is 0.411 e. The molecule has 0 aliphatic carbocycles. The number of aryl methyl sites for hydroxylation is 1. The average molecular weight is 293 g/mol. The van der Waals surface area contributed by atoms with Crippen molar-refractivity contribution >= 4 is 5.91 Å². The molecule has 0 saturated carbocycles. The van der Waals surface area contributed by atoms with E-state index in [4.69, 9.17) is 0 Å². The first-order chi connectivity index (χ1) is 9.19. The van der Waals surface area contributed by atoms with Crippen LogP contribution >= 0.6 is 0 Å². The largest absolute Gasteiger partial charge is 0.411 e. The number of nitrogens with one attached hydrogen (secondary N) is 1. The van der Waals surface area contributed by atoms with E-state index in [-0.39, 0.29) is 0 Å². The monoisotopic (exact) mass is 293 g/mol. The average Bonchev–Trinajstić information content (AvgIpc) is 2.30. The molecule has 0 aliphatic rings. The SMILES string of the molecule is Cc1ccc(C(C)NC(=O)COCC(F)(F)F)cc1F. The van der Waals surface area contributed by atoms with E-state index in [2.05, 4.69) is 10.1 Å². The number of hydrogen-bond acceptors (Lipinski definition) is 2. The molecule has 0 bridgehead atoms. The van der Waals surface area contributed by atoms with Gasteiger partial charge >= 0.3 is 6.18 Å². The van der Waals surface area contributed by atoms with Crippen LogP contribution in [0.3, 0.4) is 0 Å². The standard InChI is InChI=1S/C13H15F4NO2/c1-8-3-4-10(5-11(8)14)9(2)18-12(19)6-20-7-13(15,16)17/h3-5,9H,6-7H2,1-2H3,(H,18,19). The molecular formula is C13H15F4NO2. The molecule has 1 amide bonds. The van der Waals surface area contributed by atoms with Gasteiger partial charge in [0.05, 0.1) is 6.04 Å². The quantitative estimate of drug-likeness (QED) is 0.848. The molecule has 0 spiro atoms. The topological polar surface area (TPSA) is 38.3 Å². The van der Waals surface area contributed by atoms with Crippen LogP contribution in [0.2, 0.25) is 0 Å². The number of carbonyl (C=O) groups is 1. The molecule has 0 saturated heterocycles. The molecule has 0 radical (unpaired) electrons. The fourth-order valence-electron chi connectivity index (χ4n) is 1.50. The normalized spacial score (nSPS) is 13.1. The Hall–Kier alpha value is -1.63. The fourth-order valence-corrected chi connectivity index (χ4v) is 1.50. The molecule has 20 heavy (non-hydrogen) atoms. The maximum atomic E-state index is 13.3. The smallest absolute Gasteiger partial charge is 0.362 e. The van der Waals surface area contributed by atoms with Crippen LogP contribution in [0.4, 0.5) is 17.6 Å². The Balaban J connectivity index is 2.47. The Labute approximate surface area is 113 Å². The van der Waals surface area contributed by atoms with Gasteiger partial charge in [0.1, 0.15) is 19.0 Å². The van der Waals surface area contributed by atoms with Crippen LogP contribution < -0.4 is 5.32 Å². The van der Waals surface area contributed by atoms with Gasteiger partial charge in [-0.1, -0.05) is 12.1 Å². The summed E-state index contributed by atoms with van der Waals surface area (Å²) in [5, 5.41) is 2.43. The summed E-state index contributed by atoms with van der Waals surface area (Å²) >= 11 is 0. The molecule has 3 nitrogen and oxygen atoms in total. The molecule has 1 N–H and O–H groups in total. The fraction of sp³-hybridized carbons (Fsp3) is 0.462. The minimum absolute atomic E-state index is 0.406. The summed E-state index contributed by atoms with van der Waals surface area (Å²) in [5.41, 5.74) is 0.998. The molecule has 0 fully saturated rings. The first kappa shape index (κ1) is 16.4. The number of ether oxygens (including phenoxy) is 1. The zero-order chi connectivity index (χ0) is 15.3. The van der Waals surface area contributed by atoms with Gasteiger partial charge in [-0.05, 0) is 31.0 Å². The van der Waals surface area contributed by atoms with Crippen LogP contribution in [0.15, 0.2) is 18.2 Å². The molecule has 1 rings (SSSR count). The van der Waals surface area contributed by atoms with Crippen molar-refractivity contribution in [2.75, 3.05) is 13.2 Å². The van der Waals surface area contributed by atoms with Crippen molar-refractivity contribution in [1.82, 2.24) is 5.32 Å². The second kappa shape index (κ2) is 6.69. The van der Waals surface area contributed by atoms with Gasteiger partial charge in [0.15, 0.2) is 0 Å². The first-order valence-electron chi connectivity index (χ1n) is 5.89.